The molecular weight excluding hydrogens is 268 g/mol. The fraction of sp³-hybridized carbons (Fsp3) is 0.143. The van der Waals surface area contributed by atoms with Gasteiger partial charge in [-0.3, -0.25) is 9.78 Å². The van der Waals surface area contributed by atoms with Gasteiger partial charge >= 0.3 is 0 Å². The highest BCUT2D eigenvalue weighted by Crippen LogP contribution is 2.16. The first-order valence-electron chi connectivity index (χ1n) is 6.29. The smallest absolute Gasteiger partial charge is 0.278 e. The van der Waals surface area contributed by atoms with Crippen molar-refractivity contribution in [2.24, 2.45) is 5.84 Å². The summed E-state index contributed by atoms with van der Waals surface area (Å²) in [5.74, 6) is 5.23. The van der Waals surface area contributed by atoms with Gasteiger partial charge in [0.15, 0.2) is 5.82 Å². The normalized spacial score (nSPS) is 9.71. The van der Waals surface area contributed by atoms with Crippen LogP contribution in [-0.4, -0.2) is 22.4 Å². The van der Waals surface area contributed by atoms with Crippen LogP contribution >= 0.6 is 0 Å². The average molecular weight is 282 g/mol. The van der Waals surface area contributed by atoms with Gasteiger partial charge in [-0.2, -0.15) is 5.26 Å². The minimum atomic E-state index is -0.332. The van der Waals surface area contributed by atoms with E-state index in [1.54, 1.807) is 12.1 Å². The van der Waals surface area contributed by atoms with Crippen LogP contribution in [0.5, 0.6) is 0 Å². The number of para-hydroxylation sites is 1. The molecule has 106 valence electrons. The molecule has 2 aromatic rings. The molecule has 21 heavy (non-hydrogen) atoms. The molecule has 0 atom stereocenters. The maximum Gasteiger partial charge on any atom is 0.278 e. The number of nitrogens with two attached hydrogens (primary N) is 1. The molecule has 0 saturated carbocycles. The number of nitrogens with one attached hydrogen (secondary N) is 1. The van der Waals surface area contributed by atoms with Crippen molar-refractivity contribution in [3.05, 3.63) is 48.4 Å². The van der Waals surface area contributed by atoms with Crippen LogP contribution in [0.4, 0.5) is 11.5 Å². The number of carbonyl (C=O) groups excluding carboxylic acids is 1. The minimum absolute atomic E-state index is 0.159. The number of nitrogens with zero attached hydrogens (tertiary/aromatic N) is 4. The fourth-order valence-corrected chi connectivity index (χ4v) is 1.79. The van der Waals surface area contributed by atoms with E-state index in [-0.39, 0.29) is 24.6 Å². The number of hydrazine groups is 1. The van der Waals surface area contributed by atoms with Gasteiger partial charge in [-0.1, -0.05) is 18.2 Å². The number of anilines is 2. The van der Waals surface area contributed by atoms with E-state index in [9.17, 15) is 4.79 Å². The van der Waals surface area contributed by atoms with E-state index in [1.165, 1.54) is 17.3 Å². The van der Waals surface area contributed by atoms with Gasteiger partial charge in [0.2, 0.25) is 0 Å². The van der Waals surface area contributed by atoms with Crippen LogP contribution in [0.1, 0.15) is 16.9 Å². The predicted octanol–water partition coefficient (Wildman–Crippen LogP) is 1.32. The van der Waals surface area contributed by atoms with Gasteiger partial charge in [0.25, 0.3) is 5.91 Å². The van der Waals surface area contributed by atoms with Crippen molar-refractivity contribution in [3.8, 4) is 6.07 Å². The molecule has 0 aliphatic carbocycles. The van der Waals surface area contributed by atoms with Gasteiger partial charge in [0.1, 0.15) is 5.69 Å². The highest BCUT2D eigenvalue weighted by Gasteiger charge is 2.19. The predicted molar refractivity (Wildman–Crippen MR) is 78.2 cm³/mol. The van der Waals surface area contributed by atoms with Gasteiger partial charge in [-0.25, -0.2) is 10.8 Å². The highest BCUT2D eigenvalue weighted by atomic mass is 16.2. The molecule has 1 aromatic carbocycles. The molecular formula is C14H14N6O. The molecule has 3 N–H and O–H groups in total. The molecule has 0 aliphatic rings. The van der Waals surface area contributed by atoms with Crippen molar-refractivity contribution in [2.75, 3.05) is 16.9 Å². The fourth-order valence-electron chi connectivity index (χ4n) is 1.79. The molecule has 0 radical (unpaired) electrons. The standard InChI is InChI=1S/C14H14N6O/c15-7-4-8-20(11-5-2-1-3-6-11)14(21)12-9-17-10-13(18-12)19-16/h1-3,5-6,9-10H,4,8,16H2,(H,18,19). The summed E-state index contributed by atoms with van der Waals surface area (Å²) in [6, 6.07) is 11.1. The van der Waals surface area contributed by atoms with Crippen molar-refractivity contribution < 1.29 is 4.79 Å². The van der Waals surface area contributed by atoms with Gasteiger partial charge in [0.05, 0.1) is 24.9 Å². The Labute approximate surface area is 122 Å². The third kappa shape index (κ3) is 3.52. The Balaban J connectivity index is 2.32. The average Bonchev–Trinajstić information content (AvgIpc) is 2.56. The molecule has 0 fully saturated rings. The first-order chi connectivity index (χ1) is 10.3. The number of benzene rings is 1. The largest absolute Gasteiger partial charge is 0.307 e. The molecule has 1 heterocycles. The van der Waals surface area contributed by atoms with E-state index in [2.05, 4.69) is 15.4 Å². The molecule has 0 aliphatic heterocycles. The van der Waals surface area contributed by atoms with E-state index < -0.39 is 0 Å². The highest BCUT2D eigenvalue weighted by molar-refractivity contribution is 6.04. The Morgan fingerprint density at radius 1 is 1.33 bits per heavy atom. The second-order valence-electron chi connectivity index (χ2n) is 4.13. The van der Waals surface area contributed by atoms with Gasteiger partial charge in [-0.15, -0.1) is 0 Å². The second-order valence-corrected chi connectivity index (χ2v) is 4.13. The van der Waals surface area contributed by atoms with Crippen LogP contribution in [-0.2, 0) is 0 Å². The van der Waals surface area contributed by atoms with Crippen molar-refractivity contribution in [1.82, 2.24) is 9.97 Å². The maximum absolute atomic E-state index is 12.6. The maximum atomic E-state index is 12.6. The molecule has 0 saturated heterocycles. The molecule has 0 spiro atoms. The van der Waals surface area contributed by atoms with Crippen LogP contribution in [0.15, 0.2) is 42.7 Å². The lowest BCUT2D eigenvalue weighted by Crippen LogP contribution is -2.32. The van der Waals surface area contributed by atoms with E-state index in [0.29, 0.717) is 11.5 Å². The van der Waals surface area contributed by atoms with Gasteiger partial charge in [0, 0.05) is 12.2 Å². The summed E-state index contributed by atoms with van der Waals surface area (Å²) in [7, 11) is 0. The number of aromatic nitrogens is 2. The number of rotatable bonds is 5. The summed E-state index contributed by atoms with van der Waals surface area (Å²) < 4.78 is 0. The Morgan fingerprint density at radius 3 is 2.76 bits per heavy atom. The van der Waals surface area contributed by atoms with Crippen LogP contribution in [0, 0.1) is 11.3 Å². The van der Waals surface area contributed by atoms with Crippen molar-refractivity contribution in [1.29, 1.82) is 5.26 Å². The quantitative estimate of drug-likeness (QED) is 0.632. The van der Waals surface area contributed by atoms with Crippen LogP contribution in [0.25, 0.3) is 0 Å². The Bertz CT molecular complexity index is 652. The third-order valence-corrected chi connectivity index (χ3v) is 2.76. The van der Waals surface area contributed by atoms with Crippen molar-refractivity contribution in [3.63, 3.8) is 0 Å². The first-order valence-corrected chi connectivity index (χ1v) is 6.29. The van der Waals surface area contributed by atoms with Gasteiger partial charge in [-0.05, 0) is 12.1 Å². The number of nitrogen functional groups attached to an aromatic ring is 1. The van der Waals surface area contributed by atoms with Crippen LogP contribution in [0.2, 0.25) is 0 Å². The van der Waals surface area contributed by atoms with E-state index >= 15 is 0 Å². The van der Waals surface area contributed by atoms with Gasteiger partial charge < -0.3 is 10.3 Å². The van der Waals surface area contributed by atoms with E-state index in [4.69, 9.17) is 11.1 Å². The van der Waals surface area contributed by atoms with E-state index in [1.807, 2.05) is 24.3 Å². The zero-order valence-corrected chi connectivity index (χ0v) is 11.2. The summed E-state index contributed by atoms with van der Waals surface area (Å²) in [6.07, 6.45) is 3.01. The molecule has 7 heteroatoms. The molecule has 0 unspecified atom stereocenters. The second kappa shape index (κ2) is 6.98. The third-order valence-electron chi connectivity index (χ3n) is 2.76. The topological polar surface area (TPSA) is 108 Å². The zero-order chi connectivity index (χ0) is 15.1. The van der Waals surface area contributed by atoms with Crippen LogP contribution in [0.3, 0.4) is 0 Å². The zero-order valence-electron chi connectivity index (χ0n) is 11.2. The van der Waals surface area contributed by atoms with Crippen molar-refractivity contribution >= 4 is 17.4 Å². The lowest BCUT2D eigenvalue weighted by atomic mass is 10.2. The number of hydrogen-bond donors (Lipinski definition) is 2. The summed E-state index contributed by atoms with van der Waals surface area (Å²) in [6.45, 7) is 0.279. The van der Waals surface area contributed by atoms with E-state index in [0.717, 1.165) is 0 Å². The monoisotopic (exact) mass is 282 g/mol. The first kappa shape index (κ1) is 14.4. The summed E-state index contributed by atoms with van der Waals surface area (Å²) >= 11 is 0. The van der Waals surface area contributed by atoms with Crippen molar-refractivity contribution in [2.45, 2.75) is 6.42 Å². The number of hydrogen-bond acceptors (Lipinski definition) is 6. The molecule has 2 rings (SSSR count). The van der Waals surface area contributed by atoms with Crippen LogP contribution < -0.4 is 16.2 Å². The number of nitriles is 1. The Kier molecular flexibility index (Phi) is 4.79. The number of carbonyl (C=O) groups is 1. The summed E-state index contributed by atoms with van der Waals surface area (Å²) in [5.41, 5.74) is 3.21. The molecule has 7 nitrogen and oxygen atoms in total. The SMILES string of the molecule is N#CCCN(C(=O)c1cncc(NN)n1)c1ccccc1. The Morgan fingerprint density at radius 2 is 2.10 bits per heavy atom. The molecule has 1 amide bonds. The lowest BCUT2D eigenvalue weighted by Gasteiger charge is -2.21. The Hall–Kier alpha value is -2.98. The minimum Gasteiger partial charge on any atom is -0.307 e. The number of amides is 1. The lowest BCUT2D eigenvalue weighted by molar-refractivity contribution is 0.0982. The summed E-state index contributed by atoms with van der Waals surface area (Å²) in [5, 5.41) is 8.75. The molecule has 1 aromatic heterocycles. The molecule has 0 bridgehead atoms. The summed E-state index contributed by atoms with van der Waals surface area (Å²) in [4.78, 5) is 22.0.